The molecule has 158 valence electrons. The Morgan fingerprint density at radius 3 is 2.57 bits per heavy atom. The summed E-state index contributed by atoms with van der Waals surface area (Å²) in [5.74, 6) is 1.77. The third-order valence-electron chi connectivity index (χ3n) is 5.65. The third-order valence-corrected chi connectivity index (χ3v) is 6.41. The van der Waals surface area contributed by atoms with Crippen LogP contribution in [-0.4, -0.2) is 43.2 Å². The molecule has 0 bridgehead atoms. The van der Waals surface area contributed by atoms with Crippen molar-refractivity contribution in [3.8, 4) is 0 Å². The fourth-order valence-corrected chi connectivity index (χ4v) is 4.46. The first-order chi connectivity index (χ1) is 14.4. The van der Waals surface area contributed by atoms with Gasteiger partial charge in [0.05, 0.1) is 5.52 Å². The Kier molecular flexibility index (Phi) is 6.32. The van der Waals surface area contributed by atoms with Gasteiger partial charge in [-0.3, -0.25) is 0 Å². The summed E-state index contributed by atoms with van der Waals surface area (Å²) in [7, 11) is 4.05. The van der Waals surface area contributed by atoms with Crippen LogP contribution in [0.25, 0.3) is 10.9 Å². The number of fused-ring (bicyclic) bond motifs is 1. The topological polar surface area (TPSA) is 44.3 Å². The van der Waals surface area contributed by atoms with Crippen LogP contribution in [0.15, 0.2) is 36.4 Å². The second kappa shape index (κ2) is 8.96. The van der Waals surface area contributed by atoms with E-state index in [4.69, 9.17) is 33.2 Å². The minimum Gasteiger partial charge on any atom is -0.362 e. The molecule has 5 nitrogen and oxygen atoms in total. The summed E-state index contributed by atoms with van der Waals surface area (Å²) in [6.45, 7) is 4.56. The number of rotatable bonds is 5. The van der Waals surface area contributed by atoms with Crippen molar-refractivity contribution in [1.29, 1.82) is 0 Å². The summed E-state index contributed by atoms with van der Waals surface area (Å²) < 4.78 is 0. The average molecular weight is 444 g/mol. The van der Waals surface area contributed by atoms with Crippen molar-refractivity contribution in [1.82, 2.24) is 15.3 Å². The van der Waals surface area contributed by atoms with Crippen molar-refractivity contribution < 1.29 is 0 Å². The molecule has 0 unspecified atom stereocenters. The summed E-state index contributed by atoms with van der Waals surface area (Å²) in [5.41, 5.74) is 3.05. The number of aryl methyl sites for hydroxylation is 1. The smallest absolute Gasteiger partial charge is 0.227 e. The molecule has 1 saturated heterocycles. The maximum atomic E-state index is 6.45. The van der Waals surface area contributed by atoms with E-state index in [-0.39, 0.29) is 0 Å². The van der Waals surface area contributed by atoms with Gasteiger partial charge in [0.1, 0.15) is 5.82 Å². The molecule has 1 fully saturated rings. The first-order valence-corrected chi connectivity index (χ1v) is 11.0. The minimum atomic E-state index is 0.436. The van der Waals surface area contributed by atoms with E-state index in [1.54, 1.807) is 0 Å². The molecule has 0 atom stereocenters. The van der Waals surface area contributed by atoms with Crippen LogP contribution in [0.5, 0.6) is 0 Å². The molecule has 0 amide bonds. The van der Waals surface area contributed by atoms with Gasteiger partial charge in [-0.2, -0.15) is 4.98 Å². The fourth-order valence-electron chi connectivity index (χ4n) is 3.99. The molecule has 1 aromatic heterocycles. The highest BCUT2D eigenvalue weighted by molar-refractivity contribution is 6.34. The molecule has 7 heteroatoms. The van der Waals surface area contributed by atoms with Gasteiger partial charge in [0.15, 0.2) is 0 Å². The summed E-state index contributed by atoms with van der Waals surface area (Å²) in [5, 5.41) is 6.25. The lowest BCUT2D eigenvalue weighted by atomic mass is 10.0. The number of piperidine rings is 1. The van der Waals surface area contributed by atoms with E-state index < -0.39 is 0 Å². The highest BCUT2D eigenvalue weighted by Gasteiger charge is 2.22. The maximum absolute atomic E-state index is 6.45. The van der Waals surface area contributed by atoms with Gasteiger partial charge in [0.2, 0.25) is 5.95 Å². The van der Waals surface area contributed by atoms with E-state index in [9.17, 15) is 0 Å². The van der Waals surface area contributed by atoms with Crippen LogP contribution < -0.4 is 15.1 Å². The average Bonchev–Trinajstić information content (AvgIpc) is 2.74. The Bertz CT molecular complexity index is 1050. The Balaban J connectivity index is 1.43. The van der Waals surface area contributed by atoms with Crippen molar-refractivity contribution in [2.45, 2.75) is 32.4 Å². The standard InChI is InChI=1S/C23H27Cl2N5/c1-15-12-17(24)13-16(21(15)25)14-26-18-8-10-30(11-9-18)23-27-20-7-5-4-6-19(20)22(28-23)29(2)3/h4-7,12-13,18,26H,8-11,14H2,1-3H3. The van der Waals surface area contributed by atoms with Gasteiger partial charge in [0.25, 0.3) is 0 Å². The molecule has 3 aromatic rings. The molecule has 2 heterocycles. The third kappa shape index (κ3) is 4.48. The summed E-state index contributed by atoms with van der Waals surface area (Å²) in [4.78, 5) is 14.0. The maximum Gasteiger partial charge on any atom is 0.227 e. The monoisotopic (exact) mass is 443 g/mol. The Morgan fingerprint density at radius 2 is 1.83 bits per heavy atom. The first kappa shape index (κ1) is 21.2. The van der Waals surface area contributed by atoms with Gasteiger partial charge in [-0.15, -0.1) is 0 Å². The Labute approximate surface area is 188 Å². The molecule has 0 radical (unpaired) electrons. The molecule has 1 aliphatic rings. The predicted octanol–water partition coefficient (Wildman–Crippen LogP) is 5.07. The number of aromatic nitrogens is 2. The largest absolute Gasteiger partial charge is 0.362 e. The molecule has 4 rings (SSSR count). The fraction of sp³-hybridized carbons (Fsp3) is 0.391. The second-order valence-electron chi connectivity index (χ2n) is 8.10. The zero-order valence-corrected chi connectivity index (χ0v) is 19.1. The Morgan fingerprint density at radius 1 is 1.10 bits per heavy atom. The number of nitrogens with zero attached hydrogens (tertiary/aromatic N) is 4. The quantitative estimate of drug-likeness (QED) is 0.596. The zero-order valence-electron chi connectivity index (χ0n) is 17.6. The number of hydrogen-bond acceptors (Lipinski definition) is 5. The SMILES string of the molecule is Cc1cc(Cl)cc(CNC2CCN(c3nc(N(C)C)c4ccccc4n3)CC2)c1Cl. The number of nitrogens with one attached hydrogen (secondary N) is 1. The number of anilines is 2. The normalized spacial score (nSPS) is 15.0. The van der Waals surface area contributed by atoms with Crippen LogP contribution in [0.4, 0.5) is 11.8 Å². The molecule has 0 saturated carbocycles. The summed E-state index contributed by atoms with van der Waals surface area (Å²) in [6.07, 6.45) is 2.06. The molecule has 1 aliphatic heterocycles. The van der Waals surface area contributed by atoms with Crippen LogP contribution in [0.2, 0.25) is 10.0 Å². The van der Waals surface area contributed by atoms with Crippen LogP contribution in [0.3, 0.4) is 0 Å². The molecule has 0 spiro atoms. The summed E-state index contributed by atoms with van der Waals surface area (Å²) >= 11 is 12.6. The molecular weight excluding hydrogens is 417 g/mol. The van der Waals surface area contributed by atoms with E-state index in [0.717, 1.165) is 76.3 Å². The van der Waals surface area contributed by atoms with E-state index in [1.807, 2.05) is 45.3 Å². The van der Waals surface area contributed by atoms with Gasteiger partial charge < -0.3 is 15.1 Å². The molecule has 0 aliphatic carbocycles. The number of benzene rings is 2. The number of halogens is 2. The molecule has 2 aromatic carbocycles. The van der Waals surface area contributed by atoms with Crippen LogP contribution in [0.1, 0.15) is 24.0 Å². The van der Waals surface area contributed by atoms with E-state index >= 15 is 0 Å². The lowest BCUT2D eigenvalue weighted by Gasteiger charge is -2.33. The van der Waals surface area contributed by atoms with Gasteiger partial charge in [0, 0.05) is 55.2 Å². The van der Waals surface area contributed by atoms with Gasteiger partial charge in [-0.1, -0.05) is 35.3 Å². The molecule has 1 N–H and O–H groups in total. The van der Waals surface area contributed by atoms with Crippen molar-refractivity contribution in [2.75, 3.05) is 37.0 Å². The number of hydrogen-bond donors (Lipinski definition) is 1. The van der Waals surface area contributed by atoms with E-state index in [0.29, 0.717) is 6.04 Å². The second-order valence-corrected chi connectivity index (χ2v) is 8.91. The van der Waals surface area contributed by atoms with Gasteiger partial charge >= 0.3 is 0 Å². The lowest BCUT2D eigenvalue weighted by molar-refractivity contribution is 0.411. The molecular formula is C23H27Cl2N5. The number of para-hydroxylation sites is 1. The van der Waals surface area contributed by atoms with Crippen molar-refractivity contribution in [3.05, 3.63) is 57.6 Å². The Hall–Kier alpha value is -2.08. The van der Waals surface area contributed by atoms with Crippen molar-refractivity contribution >= 4 is 45.9 Å². The zero-order chi connectivity index (χ0) is 21.3. The summed E-state index contributed by atoms with van der Waals surface area (Å²) in [6, 6.07) is 12.5. The molecule has 30 heavy (non-hydrogen) atoms. The first-order valence-electron chi connectivity index (χ1n) is 10.3. The van der Waals surface area contributed by atoms with Crippen molar-refractivity contribution in [2.24, 2.45) is 0 Å². The minimum absolute atomic E-state index is 0.436. The van der Waals surface area contributed by atoms with Crippen LogP contribution in [0, 0.1) is 6.92 Å². The van der Waals surface area contributed by atoms with Gasteiger partial charge in [-0.05, 0) is 55.2 Å². The predicted molar refractivity (Wildman–Crippen MR) is 127 cm³/mol. The van der Waals surface area contributed by atoms with Crippen LogP contribution in [-0.2, 0) is 6.54 Å². The van der Waals surface area contributed by atoms with Gasteiger partial charge in [-0.25, -0.2) is 4.98 Å². The van der Waals surface area contributed by atoms with Crippen LogP contribution >= 0.6 is 23.2 Å². The highest BCUT2D eigenvalue weighted by Crippen LogP contribution is 2.28. The van der Waals surface area contributed by atoms with E-state index in [1.165, 1.54) is 0 Å². The van der Waals surface area contributed by atoms with E-state index in [2.05, 4.69) is 27.2 Å². The van der Waals surface area contributed by atoms with Crippen molar-refractivity contribution in [3.63, 3.8) is 0 Å². The highest BCUT2D eigenvalue weighted by atomic mass is 35.5. The lowest BCUT2D eigenvalue weighted by Crippen LogP contribution is -2.43.